The van der Waals surface area contributed by atoms with Gasteiger partial charge in [0, 0.05) is 0 Å². The van der Waals surface area contributed by atoms with E-state index in [4.69, 9.17) is 0 Å². The summed E-state index contributed by atoms with van der Waals surface area (Å²) in [4.78, 5) is 0. The zero-order valence-electron chi connectivity index (χ0n) is 17.2. The minimum atomic E-state index is -3.23. The molecule has 5 atom stereocenters. The molecule has 29 heavy (non-hydrogen) atoms. The van der Waals surface area contributed by atoms with Crippen molar-refractivity contribution < 1.29 is 22.3 Å². The van der Waals surface area contributed by atoms with E-state index >= 15 is 0 Å². The standard InChI is InChI=1S/C24H32F4O/c1-2-3-14-4-5-16-11-17(7-6-15(16)10-14)18-8-9-20-19(12-18)13-21(25)23(22(20)26)29-24(27)28/h13-18,24H,2-12H2,1H3. The van der Waals surface area contributed by atoms with Crippen molar-refractivity contribution in [2.45, 2.75) is 84.2 Å². The number of halogens is 4. The highest BCUT2D eigenvalue weighted by molar-refractivity contribution is 5.40. The normalized spacial score (nSPS) is 32.0. The molecule has 0 heterocycles. The van der Waals surface area contributed by atoms with Gasteiger partial charge in [-0.25, -0.2) is 8.78 Å². The van der Waals surface area contributed by atoms with Gasteiger partial charge in [0.25, 0.3) is 0 Å². The second-order valence-electron chi connectivity index (χ2n) is 9.58. The monoisotopic (exact) mass is 412 g/mol. The average Bonchev–Trinajstić information content (AvgIpc) is 2.70. The van der Waals surface area contributed by atoms with Crippen molar-refractivity contribution in [3.8, 4) is 5.75 Å². The summed E-state index contributed by atoms with van der Waals surface area (Å²) in [6.07, 6.45) is 12.5. The molecular formula is C24H32F4O. The number of hydrogen-bond acceptors (Lipinski definition) is 1. The van der Waals surface area contributed by atoms with E-state index in [9.17, 15) is 17.6 Å². The Morgan fingerprint density at radius 2 is 1.66 bits per heavy atom. The first-order valence-electron chi connectivity index (χ1n) is 11.4. The molecule has 2 saturated carbocycles. The van der Waals surface area contributed by atoms with Crippen LogP contribution in [0.1, 0.15) is 75.8 Å². The quantitative estimate of drug-likeness (QED) is 0.461. The molecule has 0 aromatic heterocycles. The van der Waals surface area contributed by atoms with Crippen molar-refractivity contribution in [3.63, 3.8) is 0 Å². The molecule has 3 aliphatic carbocycles. The number of alkyl halides is 2. The molecule has 0 aliphatic heterocycles. The SMILES string of the molecule is CCCC1CCC2CC(C3CCc4c(cc(F)c(OC(F)F)c4F)C3)CCC2C1. The first-order valence-corrected chi connectivity index (χ1v) is 11.4. The summed E-state index contributed by atoms with van der Waals surface area (Å²) in [6.45, 7) is -0.950. The Hall–Kier alpha value is -1.26. The maximum Gasteiger partial charge on any atom is 0.387 e. The highest BCUT2D eigenvalue weighted by Crippen LogP contribution is 2.49. The third-order valence-electron chi connectivity index (χ3n) is 7.95. The smallest absolute Gasteiger partial charge is 0.387 e. The third kappa shape index (κ3) is 4.44. The third-order valence-corrected chi connectivity index (χ3v) is 7.95. The van der Waals surface area contributed by atoms with Crippen molar-refractivity contribution in [1.29, 1.82) is 0 Å². The molecule has 0 amide bonds. The predicted octanol–water partition coefficient (Wildman–Crippen LogP) is 7.30. The van der Waals surface area contributed by atoms with Crippen LogP contribution in [0.15, 0.2) is 6.07 Å². The van der Waals surface area contributed by atoms with Crippen LogP contribution >= 0.6 is 0 Å². The Kier molecular flexibility index (Phi) is 6.41. The second-order valence-corrected chi connectivity index (χ2v) is 9.58. The minimum Gasteiger partial charge on any atom is -0.429 e. The summed E-state index contributed by atoms with van der Waals surface area (Å²) in [5.41, 5.74) is 1.01. The molecule has 1 aromatic carbocycles. The number of hydrogen-bond donors (Lipinski definition) is 0. The minimum absolute atomic E-state index is 0.368. The zero-order chi connectivity index (χ0) is 20.5. The number of rotatable bonds is 5. The van der Waals surface area contributed by atoms with Gasteiger partial charge >= 0.3 is 6.61 Å². The molecule has 2 fully saturated rings. The summed E-state index contributed by atoms with van der Waals surface area (Å²) in [5, 5.41) is 0. The summed E-state index contributed by atoms with van der Waals surface area (Å²) in [6, 6.07) is 1.23. The lowest BCUT2D eigenvalue weighted by molar-refractivity contribution is -0.0548. The first-order chi connectivity index (χ1) is 14.0. The first kappa shape index (κ1) is 21.0. The van der Waals surface area contributed by atoms with Gasteiger partial charge in [0.1, 0.15) is 0 Å². The molecule has 162 valence electrons. The molecule has 3 aliphatic rings. The largest absolute Gasteiger partial charge is 0.429 e. The van der Waals surface area contributed by atoms with Crippen molar-refractivity contribution in [2.24, 2.45) is 29.6 Å². The fourth-order valence-electron chi connectivity index (χ4n) is 6.58. The maximum atomic E-state index is 14.6. The molecule has 1 nitrogen and oxygen atoms in total. The van der Waals surface area contributed by atoms with E-state index in [1.165, 1.54) is 57.4 Å². The molecule has 0 saturated heterocycles. The van der Waals surface area contributed by atoms with Crippen LogP contribution in [-0.4, -0.2) is 6.61 Å². The molecule has 0 spiro atoms. The molecule has 5 unspecified atom stereocenters. The zero-order valence-corrected chi connectivity index (χ0v) is 17.2. The van der Waals surface area contributed by atoms with E-state index in [-0.39, 0.29) is 0 Å². The summed E-state index contributed by atoms with van der Waals surface area (Å²) < 4.78 is 57.8. The lowest BCUT2D eigenvalue weighted by Crippen LogP contribution is -2.35. The van der Waals surface area contributed by atoms with Crippen molar-refractivity contribution in [3.05, 3.63) is 28.8 Å². The van der Waals surface area contributed by atoms with Crippen LogP contribution in [0, 0.1) is 41.2 Å². The lowest BCUT2D eigenvalue weighted by Gasteiger charge is -2.45. The topological polar surface area (TPSA) is 9.23 Å². The summed E-state index contributed by atoms with van der Waals surface area (Å²) in [5.74, 6) is 0.788. The van der Waals surface area contributed by atoms with Gasteiger partial charge in [0.15, 0.2) is 17.4 Å². The Labute approximate surface area is 171 Å². The van der Waals surface area contributed by atoms with Crippen LogP contribution in [0.25, 0.3) is 0 Å². The van der Waals surface area contributed by atoms with Gasteiger partial charge in [0.05, 0.1) is 0 Å². The molecule has 5 heteroatoms. The average molecular weight is 413 g/mol. The second kappa shape index (κ2) is 8.85. The van der Waals surface area contributed by atoms with Crippen LogP contribution in [0.4, 0.5) is 17.6 Å². The van der Waals surface area contributed by atoms with Crippen LogP contribution in [0.5, 0.6) is 5.75 Å². The Morgan fingerprint density at radius 3 is 2.38 bits per heavy atom. The molecule has 0 N–H and O–H groups in total. The van der Waals surface area contributed by atoms with Gasteiger partial charge in [0.2, 0.25) is 0 Å². The van der Waals surface area contributed by atoms with Gasteiger partial charge in [-0.15, -0.1) is 0 Å². The Balaban J connectivity index is 1.42. The molecule has 4 rings (SSSR count). The fraction of sp³-hybridized carbons (Fsp3) is 0.750. The van der Waals surface area contributed by atoms with Gasteiger partial charge < -0.3 is 4.74 Å². The van der Waals surface area contributed by atoms with Crippen molar-refractivity contribution >= 4 is 0 Å². The van der Waals surface area contributed by atoms with E-state index in [2.05, 4.69) is 11.7 Å². The Morgan fingerprint density at radius 1 is 0.966 bits per heavy atom. The van der Waals surface area contributed by atoms with Gasteiger partial charge in [-0.2, -0.15) is 8.78 Å². The lowest BCUT2D eigenvalue weighted by atomic mass is 9.61. The highest BCUT2D eigenvalue weighted by Gasteiger charge is 2.39. The van der Waals surface area contributed by atoms with Crippen LogP contribution in [-0.2, 0) is 12.8 Å². The van der Waals surface area contributed by atoms with Gasteiger partial charge in [-0.1, -0.05) is 26.2 Å². The Bertz CT molecular complexity index is 719. The maximum absolute atomic E-state index is 14.6. The van der Waals surface area contributed by atoms with E-state index in [0.717, 1.165) is 24.2 Å². The number of benzene rings is 1. The van der Waals surface area contributed by atoms with E-state index in [0.29, 0.717) is 35.8 Å². The molecule has 0 bridgehead atoms. The van der Waals surface area contributed by atoms with Crippen LogP contribution < -0.4 is 4.74 Å². The number of ether oxygens (including phenoxy) is 1. The van der Waals surface area contributed by atoms with Crippen LogP contribution in [0.3, 0.4) is 0 Å². The predicted molar refractivity (Wildman–Crippen MR) is 105 cm³/mol. The highest BCUT2D eigenvalue weighted by atomic mass is 19.3. The van der Waals surface area contributed by atoms with E-state index < -0.39 is 24.0 Å². The molecular weight excluding hydrogens is 380 g/mol. The van der Waals surface area contributed by atoms with Crippen molar-refractivity contribution in [1.82, 2.24) is 0 Å². The summed E-state index contributed by atoms with van der Waals surface area (Å²) >= 11 is 0. The van der Waals surface area contributed by atoms with Crippen molar-refractivity contribution in [2.75, 3.05) is 0 Å². The summed E-state index contributed by atoms with van der Waals surface area (Å²) in [7, 11) is 0. The molecule has 1 aromatic rings. The van der Waals surface area contributed by atoms with Crippen LogP contribution in [0.2, 0.25) is 0 Å². The van der Waals surface area contributed by atoms with E-state index in [1.807, 2.05) is 0 Å². The van der Waals surface area contributed by atoms with E-state index in [1.54, 1.807) is 0 Å². The molecule has 0 radical (unpaired) electrons. The number of fused-ring (bicyclic) bond motifs is 2. The van der Waals surface area contributed by atoms with Gasteiger partial charge in [-0.05, 0) is 98.1 Å². The fourth-order valence-corrected chi connectivity index (χ4v) is 6.58. The van der Waals surface area contributed by atoms with Gasteiger partial charge in [-0.3, -0.25) is 0 Å².